The van der Waals surface area contributed by atoms with Crippen molar-refractivity contribution in [2.24, 2.45) is 5.92 Å². The fourth-order valence-electron chi connectivity index (χ4n) is 2.47. The second-order valence-electron chi connectivity index (χ2n) is 5.00. The van der Waals surface area contributed by atoms with Crippen molar-refractivity contribution in [3.8, 4) is 0 Å². The van der Waals surface area contributed by atoms with Crippen LogP contribution >= 0.6 is 0 Å². The molecule has 88 valence electrons. The van der Waals surface area contributed by atoms with E-state index < -0.39 is 0 Å². The van der Waals surface area contributed by atoms with Crippen LogP contribution in [-0.2, 0) is 6.54 Å². The normalized spacial score (nSPS) is 27.2. The molecule has 2 aliphatic rings. The average molecular weight is 221 g/mol. The molecule has 1 saturated heterocycles. The van der Waals surface area contributed by atoms with Gasteiger partial charge in [0.05, 0.1) is 12.7 Å². The number of hydrogen-bond acceptors (Lipinski definition) is 4. The van der Waals surface area contributed by atoms with Gasteiger partial charge in [0, 0.05) is 25.7 Å². The summed E-state index contributed by atoms with van der Waals surface area (Å²) in [4.78, 5) is 6.72. The first-order valence-electron chi connectivity index (χ1n) is 6.18. The summed E-state index contributed by atoms with van der Waals surface area (Å²) in [5, 5.41) is 3.61. The molecule has 1 aliphatic carbocycles. The molecule has 0 spiro atoms. The number of aryl methyl sites for hydroxylation is 1. The number of nitrogens with one attached hydrogen (secondary N) is 1. The van der Waals surface area contributed by atoms with E-state index >= 15 is 0 Å². The van der Waals surface area contributed by atoms with E-state index in [2.05, 4.69) is 15.2 Å². The molecule has 2 heterocycles. The number of hydrogen-bond donors (Lipinski definition) is 1. The minimum Gasteiger partial charge on any atom is -0.445 e. The molecule has 1 aliphatic heterocycles. The van der Waals surface area contributed by atoms with Crippen LogP contribution in [0.4, 0.5) is 0 Å². The lowest BCUT2D eigenvalue weighted by Crippen LogP contribution is -2.51. The van der Waals surface area contributed by atoms with Gasteiger partial charge in [0.1, 0.15) is 5.76 Å². The van der Waals surface area contributed by atoms with Gasteiger partial charge in [-0.3, -0.25) is 4.90 Å². The lowest BCUT2D eigenvalue weighted by molar-refractivity contribution is 0.167. The van der Waals surface area contributed by atoms with Crippen LogP contribution in [0.15, 0.2) is 10.6 Å². The van der Waals surface area contributed by atoms with Crippen molar-refractivity contribution in [2.75, 3.05) is 19.6 Å². The van der Waals surface area contributed by atoms with E-state index in [-0.39, 0.29) is 0 Å². The van der Waals surface area contributed by atoms with Gasteiger partial charge >= 0.3 is 0 Å². The number of aromatic nitrogens is 1. The van der Waals surface area contributed by atoms with Gasteiger partial charge in [0.2, 0.25) is 5.89 Å². The highest BCUT2D eigenvalue weighted by molar-refractivity contribution is 4.94. The summed E-state index contributed by atoms with van der Waals surface area (Å²) < 4.78 is 5.52. The van der Waals surface area contributed by atoms with Crippen LogP contribution in [0.2, 0.25) is 0 Å². The monoisotopic (exact) mass is 221 g/mol. The molecule has 1 unspecified atom stereocenters. The second-order valence-corrected chi connectivity index (χ2v) is 5.00. The lowest BCUT2D eigenvalue weighted by atomic mass is 10.1. The molecule has 1 saturated carbocycles. The molecular weight excluding hydrogens is 202 g/mol. The maximum Gasteiger partial charge on any atom is 0.208 e. The fourth-order valence-corrected chi connectivity index (χ4v) is 2.47. The predicted octanol–water partition coefficient (Wildman–Crippen LogP) is 1.17. The summed E-state index contributed by atoms with van der Waals surface area (Å²) in [6, 6.07) is 0.699. The Morgan fingerprint density at radius 2 is 2.44 bits per heavy atom. The van der Waals surface area contributed by atoms with Crippen LogP contribution in [0.1, 0.15) is 24.5 Å². The van der Waals surface area contributed by atoms with E-state index in [4.69, 9.17) is 4.42 Å². The highest BCUT2D eigenvalue weighted by atomic mass is 16.4. The first-order chi connectivity index (χ1) is 7.81. The van der Waals surface area contributed by atoms with E-state index in [1.807, 2.05) is 6.92 Å². The van der Waals surface area contributed by atoms with Crippen molar-refractivity contribution in [2.45, 2.75) is 32.4 Å². The molecule has 4 heteroatoms. The maximum absolute atomic E-state index is 5.52. The third kappa shape index (κ3) is 2.28. The van der Waals surface area contributed by atoms with Crippen molar-refractivity contribution in [3.63, 3.8) is 0 Å². The van der Waals surface area contributed by atoms with Crippen molar-refractivity contribution in [1.82, 2.24) is 15.2 Å². The zero-order valence-electron chi connectivity index (χ0n) is 9.78. The van der Waals surface area contributed by atoms with Crippen molar-refractivity contribution in [1.29, 1.82) is 0 Å². The summed E-state index contributed by atoms with van der Waals surface area (Å²) in [6.45, 7) is 6.15. The number of oxazole rings is 1. The maximum atomic E-state index is 5.52. The zero-order valence-corrected chi connectivity index (χ0v) is 9.78. The Balaban J connectivity index is 1.57. The third-order valence-electron chi connectivity index (χ3n) is 3.51. The molecule has 1 aromatic rings. The van der Waals surface area contributed by atoms with Crippen molar-refractivity contribution in [3.05, 3.63) is 17.8 Å². The van der Waals surface area contributed by atoms with Gasteiger partial charge in [-0.25, -0.2) is 4.98 Å². The first-order valence-corrected chi connectivity index (χ1v) is 6.18. The quantitative estimate of drug-likeness (QED) is 0.832. The third-order valence-corrected chi connectivity index (χ3v) is 3.51. The minimum atomic E-state index is 0.699. The van der Waals surface area contributed by atoms with Gasteiger partial charge in [0.25, 0.3) is 0 Å². The smallest absolute Gasteiger partial charge is 0.208 e. The van der Waals surface area contributed by atoms with E-state index in [0.29, 0.717) is 6.04 Å². The van der Waals surface area contributed by atoms with Gasteiger partial charge in [-0.05, 0) is 25.7 Å². The van der Waals surface area contributed by atoms with Gasteiger partial charge in [-0.1, -0.05) is 0 Å². The zero-order chi connectivity index (χ0) is 11.0. The SMILES string of the molecule is Cc1cnc(CN2CCNC(C3CC3)C2)o1. The summed E-state index contributed by atoms with van der Waals surface area (Å²) in [6.07, 6.45) is 4.61. The Labute approximate surface area is 96.0 Å². The highest BCUT2D eigenvalue weighted by Gasteiger charge is 2.34. The van der Waals surface area contributed by atoms with Gasteiger partial charge < -0.3 is 9.73 Å². The summed E-state index contributed by atoms with van der Waals surface area (Å²) in [5.41, 5.74) is 0. The molecule has 1 N–H and O–H groups in total. The summed E-state index contributed by atoms with van der Waals surface area (Å²) in [5.74, 6) is 2.69. The average Bonchev–Trinajstić information content (AvgIpc) is 3.05. The van der Waals surface area contributed by atoms with E-state index in [0.717, 1.165) is 43.7 Å². The van der Waals surface area contributed by atoms with Crippen LogP contribution < -0.4 is 5.32 Å². The molecular formula is C12H19N3O. The van der Waals surface area contributed by atoms with Gasteiger partial charge in [-0.2, -0.15) is 0 Å². The highest BCUT2D eigenvalue weighted by Crippen LogP contribution is 2.33. The molecule has 1 aromatic heterocycles. The Morgan fingerprint density at radius 3 is 3.12 bits per heavy atom. The van der Waals surface area contributed by atoms with E-state index in [1.54, 1.807) is 6.20 Å². The second kappa shape index (κ2) is 4.18. The van der Waals surface area contributed by atoms with Crippen LogP contribution in [-0.4, -0.2) is 35.6 Å². The molecule has 1 atom stereocenters. The molecule has 3 rings (SSSR count). The van der Waals surface area contributed by atoms with Crippen LogP contribution in [0, 0.1) is 12.8 Å². The predicted molar refractivity (Wildman–Crippen MR) is 61.0 cm³/mol. The Bertz CT molecular complexity index is 359. The standard InChI is InChI=1S/C12H19N3O/c1-9-6-14-12(16-9)8-15-5-4-13-11(7-15)10-2-3-10/h6,10-11,13H,2-5,7-8H2,1H3. The number of piperazine rings is 1. The van der Waals surface area contributed by atoms with Crippen molar-refractivity contribution >= 4 is 0 Å². The summed E-state index contributed by atoms with van der Waals surface area (Å²) >= 11 is 0. The molecule has 0 amide bonds. The van der Waals surface area contributed by atoms with Gasteiger partial charge in [0.15, 0.2) is 0 Å². The number of nitrogens with zero attached hydrogens (tertiary/aromatic N) is 2. The molecule has 16 heavy (non-hydrogen) atoms. The Hall–Kier alpha value is -0.870. The molecule has 0 bridgehead atoms. The largest absolute Gasteiger partial charge is 0.445 e. The fraction of sp³-hybridized carbons (Fsp3) is 0.750. The molecule has 2 fully saturated rings. The summed E-state index contributed by atoms with van der Waals surface area (Å²) in [7, 11) is 0. The van der Waals surface area contributed by atoms with Gasteiger partial charge in [-0.15, -0.1) is 0 Å². The van der Waals surface area contributed by atoms with E-state index in [1.165, 1.54) is 12.8 Å². The van der Waals surface area contributed by atoms with Crippen molar-refractivity contribution < 1.29 is 4.42 Å². The topological polar surface area (TPSA) is 41.3 Å². The van der Waals surface area contributed by atoms with Crippen LogP contribution in [0.3, 0.4) is 0 Å². The molecule has 0 radical (unpaired) electrons. The first kappa shape index (κ1) is 10.3. The minimum absolute atomic E-state index is 0.699. The molecule has 0 aromatic carbocycles. The van der Waals surface area contributed by atoms with Crippen LogP contribution in [0.25, 0.3) is 0 Å². The Kier molecular flexibility index (Phi) is 2.69. The van der Waals surface area contributed by atoms with Crippen LogP contribution in [0.5, 0.6) is 0 Å². The number of rotatable bonds is 3. The lowest BCUT2D eigenvalue weighted by Gasteiger charge is -2.33. The molecule has 4 nitrogen and oxygen atoms in total. The van der Waals surface area contributed by atoms with E-state index in [9.17, 15) is 0 Å². The Morgan fingerprint density at radius 1 is 1.56 bits per heavy atom.